The molecule has 2 fully saturated rings. The van der Waals surface area contributed by atoms with Crippen molar-refractivity contribution in [1.82, 2.24) is 29.1 Å². The van der Waals surface area contributed by atoms with Crippen LogP contribution < -0.4 is 16.6 Å². The Morgan fingerprint density at radius 1 is 0.891 bits per heavy atom. The van der Waals surface area contributed by atoms with Crippen LogP contribution in [0.3, 0.4) is 0 Å². The first-order chi connectivity index (χ1) is 26.4. The molecule has 2 aliphatic heterocycles. The highest BCUT2D eigenvalue weighted by Gasteiger charge is 2.59. The number of aromatic amines is 1. The monoisotopic (exact) mass is 793 g/mol. The Kier molecular flexibility index (Phi) is 16.0. The third-order valence-electron chi connectivity index (χ3n) is 10.9. The number of phosphoric acid groups is 1. The Hall–Kier alpha value is -3.02. The van der Waals surface area contributed by atoms with Crippen LogP contribution in [-0.2, 0) is 18.6 Å². The SMILES string of the molecule is CCCCCCCCCCCCCCCCCCNc1ccn(C2OC(C(C)(OP(=O)(O)O)C3CCC(n4cnc5c(=O)[nH]cnc54)O3)C(O)C2O)c(=O)n1. The van der Waals surface area contributed by atoms with Crippen molar-refractivity contribution < 1.29 is 38.6 Å². The van der Waals surface area contributed by atoms with Gasteiger partial charge < -0.3 is 39.8 Å². The number of aromatic nitrogens is 6. The number of nitrogens with zero attached hydrogens (tertiary/aromatic N) is 5. The molecule has 7 atom stereocenters. The highest BCUT2D eigenvalue weighted by molar-refractivity contribution is 7.46. The molecular weight excluding hydrogens is 733 g/mol. The Morgan fingerprint density at radius 2 is 1.51 bits per heavy atom. The lowest BCUT2D eigenvalue weighted by Gasteiger charge is -2.40. The summed E-state index contributed by atoms with van der Waals surface area (Å²) in [5.74, 6) is 0.357. The van der Waals surface area contributed by atoms with Crippen LogP contribution in [0.25, 0.3) is 11.2 Å². The van der Waals surface area contributed by atoms with Gasteiger partial charge in [-0.1, -0.05) is 103 Å². The number of ether oxygens (including phenoxy) is 2. The minimum Gasteiger partial charge on any atom is -0.387 e. The van der Waals surface area contributed by atoms with Gasteiger partial charge in [-0.15, -0.1) is 0 Å². The molecule has 7 unspecified atom stereocenters. The fourth-order valence-electron chi connectivity index (χ4n) is 7.83. The van der Waals surface area contributed by atoms with Crippen molar-refractivity contribution >= 4 is 24.8 Å². The van der Waals surface area contributed by atoms with Crippen molar-refractivity contribution in [2.45, 2.75) is 172 Å². The number of unbranched alkanes of at least 4 members (excludes halogenated alkanes) is 15. The molecule has 3 aromatic heterocycles. The zero-order valence-corrected chi connectivity index (χ0v) is 33.0. The summed E-state index contributed by atoms with van der Waals surface area (Å²) in [4.78, 5) is 59.9. The normalized spacial score (nSPS) is 24.1. The van der Waals surface area contributed by atoms with Crippen LogP contribution in [0.4, 0.5) is 5.82 Å². The summed E-state index contributed by atoms with van der Waals surface area (Å²) < 4.78 is 32.3. The van der Waals surface area contributed by atoms with Crippen LogP contribution >= 0.6 is 7.82 Å². The van der Waals surface area contributed by atoms with Crippen LogP contribution in [0.5, 0.6) is 0 Å². The Morgan fingerprint density at radius 3 is 2.11 bits per heavy atom. The van der Waals surface area contributed by atoms with E-state index in [0.29, 0.717) is 18.8 Å². The van der Waals surface area contributed by atoms with Gasteiger partial charge in [-0.2, -0.15) is 4.98 Å². The summed E-state index contributed by atoms with van der Waals surface area (Å²) >= 11 is 0. The number of fused-ring (bicyclic) bond motifs is 1. The molecule has 0 spiro atoms. The quantitative estimate of drug-likeness (QED) is 0.0505. The average molecular weight is 794 g/mol. The minimum absolute atomic E-state index is 0.0878. The highest BCUT2D eigenvalue weighted by Crippen LogP contribution is 2.51. The van der Waals surface area contributed by atoms with Crippen LogP contribution in [0.2, 0.25) is 0 Å². The third kappa shape index (κ3) is 11.5. The van der Waals surface area contributed by atoms with E-state index in [9.17, 15) is 34.2 Å². The second-order valence-corrected chi connectivity index (χ2v) is 16.3. The van der Waals surface area contributed by atoms with Crippen molar-refractivity contribution in [3.05, 3.63) is 45.8 Å². The van der Waals surface area contributed by atoms with Crippen molar-refractivity contribution in [2.75, 3.05) is 11.9 Å². The van der Waals surface area contributed by atoms with E-state index in [1.54, 1.807) is 6.07 Å². The molecule has 3 aromatic rings. The van der Waals surface area contributed by atoms with Crippen molar-refractivity contribution in [1.29, 1.82) is 0 Å². The second-order valence-electron chi connectivity index (χ2n) is 15.1. The van der Waals surface area contributed by atoms with E-state index in [1.165, 1.54) is 114 Å². The van der Waals surface area contributed by atoms with Gasteiger partial charge in [0.1, 0.15) is 36.0 Å². The predicted molar refractivity (Wildman–Crippen MR) is 205 cm³/mol. The molecule has 5 heterocycles. The molecule has 0 saturated carbocycles. The number of phosphoric ester groups is 1. The molecule has 0 aliphatic carbocycles. The molecule has 0 amide bonds. The molecule has 6 N–H and O–H groups in total. The lowest BCUT2D eigenvalue weighted by Crippen LogP contribution is -2.55. The number of anilines is 1. The first-order valence-electron chi connectivity index (χ1n) is 20.1. The summed E-state index contributed by atoms with van der Waals surface area (Å²) in [6, 6.07) is 1.56. The fraction of sp³-hybridized carbons (Fsp3) is 0.757. The standard InChI is InChI=1S/C37H60N7O10P/c1-3-4-5-6-7-8-9-10-11-12-13-14-15-16-17-18-22-38-27-21-23-43(36(48)42-27)35-31(46)30(45)32(53-35)37(2,54-55(49,50)51)26-19-20-28(52-26)44-25-41-29-33(44)39-24-40-34(29)47/h21,23-26,28,30-32,35,45-46H,3-20,22H2,1-2H3,(H,38,42,48)(H,39,40,47)(H2,49,50,51). The Bertz CT molecular complexity index is 1800. The molecule has 18 heteroatoms. The molecule has 2 aliphatic rings. The van der Waals surface area contributed by atoms with E-state index in [-0.39, 0.29) is 17.6 Å². The van der Waals surface area contributed by atoms with Gasteiger partial charge >= 0.3 is 13.5 Å². The smallest absolute Gasteiger partial charge is 0.387 e. The largest absolute Gasteiger partial charge is 0.470 e. The molecule has 2 saturated heterocycles. The van der Waals surface area contributed by atoms with Gasteiger partial charge in [-0.25, -0.2) is 19.3 Å². The van der Waals surface area contributed by atoms with Gasteiger partial charge in [0.15, 0.2) is 17.4 Å². The fourth-order valence-corrected chi connectivity index (χ4v) is 8.56. The Labute approximate surface area is 321 Å². The second kappa shape index (κ2) is 20.4. The lowest BCUT2D eigenvalue weighted by atomic mass is 9.87. The number of aliphatic hydroxyl groups excluding tert-OH is 2. The molecule has 17 nitrogen and oxygen atoms in total. The molecule has 0 bridgehead atoms. The maximum Gasteiger partial charge on any atom is 0.470 e. The lowest BCUT2D eigenvalue weighted by molar-refractivity contribution is -0.185. The number of nitrogens with one attached hydrogen (secondary N) is 2. The van der Waals surface area contributed by atoms with E-state index < -0.39 is 61.5 Å². The summed E-state index contributed by atoms with van der Waals surface area (Å²) in [5, 5.41) is 25.4. The maximum atomic E-state index is 13.1. The van der Waals surface area contributed by atoms with Gasteiger partial charge in [0, 0.05) is 12.7 Å². The number of hydrogen-bond donors (Lipinski definition) is 6. The summed E-state index contributed by atoms with van der Waals surface area (Å²) in [6.07, 6.45) is 16.7. The minimum atomic E-state index is -5.22. The Balaban J connectivity index is 1.08. The van der Waals surface area contributed by atoms with E-state index >= 15 is 0 Å². The zero-order chi connectivity index (χ0) is 39.4. The van der Waals surface area contributed by atoms with Gasteiger partial charge in [-0.05, 0) is 32.3 Å². The third-order valence-corrected chi connectivity index (χ3v) is 11.5. The van der Waals surface area contributed by atoms with E-state index in [0.717, 1.165) is 23.8 Å². The molecular formula is C37H60N7O10P. The highest BCUT2D eigenvalue weighted by atomic mass is 31.2. The van der Waals surface area contributed by atoms with Crippen LogP contribution in [-0.4, -0.2) is 85.6 Å². The summed E-state index contributed by atoms with van der Waals surface area (Å²) in [5.41, 5.74) is -2.88. The van der Waals surface area contributed by atoms with Crippen LogP contribution in [0.15, 0.2) is 34.5 Å². The van der Waals surface area contributed by atoms with Crippen molar-refractivity contribution in [3.63, 3.8) is 0 Å². The van der Waals surface area contributed by atoms with E-state index in [1.807, 2.05) is 0 Å². The topological polar surface area (TPSA) is 236 Å². The molecule has 55 heavy (non-hydrogen) atoms. The molecule has 0 radical (unpaired) electrons. The van der Waals surface area contributed by atoms with Gasteiger partial charge in [0.05, 0.1) is 18.8 Å². The number of H-pyrrole nitrogens is 1. The first-order valence-corrected chi connectivity index (χ1v) is 21.6. The predicted octanol–water partition coefficient (Wildman–Crippen LogP) is 5.21. The van der Waals surface area contributed by atoms with Gasteiger partial charge in [-0.3, -0.25) is 18.5 Å². The molecule has 308 valence electrons. The van der Waals surface area contributed by atoms with E-state index in [4.69, 9.17) is 14.0 Å². The number of rotatable bonds is 24. The molecule has 0 aromatic carbocycles. The van der Waals surface area contributed by atoms with Crippen LogP contribution in [0.1, 0.15) is 142 Å². The molecule has 5 rings (SSSR count). The maximum absolute atomic E-state index is 13.1. The van der Waals surface area contributed by atoms with Crippen molar-refractivity contribution in [3.8, 4) is 0 Å². The van der Waals surface area contributed by atoms with E-state index in [2.05, 4.69) is 32.2 Å². The van der Waals surface area contributed by atoms with Crippen LogP contribution in [0, 0.1) is 0 Å². The van der Waals surface area contributed by atoms with Gasteiger partial charge in [0.25, 0.3) is 5.56 Å². The summed E-state index contributed by atoms with van der Waals surface area (Å²) in [7, 11) is -5.22. The van der Waals surface area contributed by atoms with Crippen molar-refractivity contribution in [2.24, 2.45) is 0 Å². The number of aliphatic hydroxyl groups is 2. The first kappa shape index (κ1) is 43.1. The summed E-state index contributed by atoms with van der Waals surface area (Å²) in [6.45, 7) is 4.20. The zero-order valence-electron chi connectivity index (χ0n) is 32.1. The number of hydrogen-bond acceptors (Lipinski definition) is 12. The number of imidazole rings is 1. The van der Waals surface area contributed by atoms with Gasteiger partial charge in [0.2, 0.25) is 0 Å². The average Bonchev–Trinajstić information content (AvgIpc) is 3.88.